The molecule has 0 N–H and O–H groups in total. The molecule has 0 saturated carbocycles. The number of benzene rings is 1. The van der Waals surface area contributed by atoms with Crippen LogP contribution in [0.3, 0.4) is 0 Å². The minimum Gasteiger partial charge on any atom is -0.497 e. The number of allylic oxidation sites excluding steroid dienone is 1. The molecule has 1 aromatic rings. The summed E-state index contributed by atoms with van der Waals surface area (Å²) in [5, 5.41) is 0. The maximum Gasteiger partial charge on any atom is 0.184 e. The van der Waals surface area contributed by atoms with Gasteiger partial charge in [0.1, 0.15) is 5.75 Å². The molecule has 2 rings (SSSR count). The first kappa shape index (κ1) is 12.1. The molecule has 92 valence electrons. The van der Waals surface area contributed by atoms with Gasteiger partial charge in [-0.05, 0) is 19.1 Å². The Morgan fingerprint density at radius 3 is 2.71 bits per heavy atom. The zero-order valence-electron chi connectivity index (χ0n) is 10.3. The van der Waals surface area contributed by atoms with Crippen LogP contribution >= 0.6 is 0 Å². The number of hydrogen-bond donors (Lipinski definition) is 0. The highest BCUT2D eigenvalue weighted by Gasteiger charge is 2.22. The molecule has 2 unspecified atom stereocenters. The van der Waals surface area contributed by atoms with Crippen molar-refractivity contribution in [2.45, 2.75) is 25.7 Å². The van der Waals surface area contributed by atoms with E-state index in [0.717, 1.165) is 24.3 Å². The number of methoxy groups -OCH3 is 1. The Labute approximate surface area is 102 Å². The summed E-state index contributed by atoms with van der Waals surface area (Å²) in [5.74, 6) is 0.842. The fraction of sp³-hybridized carbons (Fsp3) is 0.429. The first-order valence-electron chi connectivity index (χ1n) is 5.87. The molecular weight excluding hydrogens is 216 g/mol. The van der Waals surface area contributed by atoms with Gasteiger partial charge in [-0.15, -0.1) is 0 Å². The Bertz CT molecular complexity index is 370. The Balaban J connectivity index is 2.05. The lowest BCUT2D eigenvalue weighted by molar-refractivity contribution is -0.204. The monoisotopic (exact) mass is 234 g/mol. The Kier molecular flexibility index (Phi) is 4.18. The Hall–Kier alpha value is -1.32. The second-order valence-corrected chi connectivity index (χ2v) is 3.96. The van der Waals surface area contributed by atoms with E-state index in [4.69, 9.17) is 14.2 Å². The lowest BCUT2D eigenvalue weighted by atomic mass is 10.1. The minimum absolute atomic E-state index is 0.154. The van der Waals surface area contributed by atoms with Crippen molar-refractivity contribution in [3.8, 4) is 5.75 Å². The minimum atomic E-state index is -0.268. The van der Waals surface area contributed by atoms with Gasteiger partial charge < -0.3 is 14.2 Å². The average molecular weight is 234 g/mol. The van der Waals surface area contributed by atoms with Crippen molar-refractivity contribution in [1.82, 2.24) is 0 Å². The van der Waals surface area contributed by atoms with Crippen LogP contribution in [0.2, 0.25) is 0 Å². The third-order valence-corrected chi connectivity index (χ3v) is 2.77. The summed E-state index contributed by atoms with van der Waals surface area (Å²) in [6, 6.07) is 7.78. The second-order valence-electron chi connectivity index (χ2n) is 3.96. The van der Waals surface area contributed by atoms with Crippen LogP contribution in [-0.2, 0) is 9.47 Å². The van der Waals surface area contributed by atoms with E-state index in [2.05, 4.69) is 6.08 Å². The van der Waals surface area contributed by atoms with E-state index in [1.165, 1.54) is 0 Å². The molecule has 1 aliphatic heterocycles. The first-order valence-corrected chi connectivity index (χ1v) is 5.87. The fourth-order valence-corrected chi connectivity index (χ4v) is 1.85. The van der Waals surface area contributed by atoms with Gasteiger partial charge in [-0.3, -0.25) is 0 Å². The molecule has 1 aromatic carbocycles. The SMILES string of the molecule is CC=CC1CCOC(c2ccc(OC)cc2)O1. The molecule has 0 aromatic heterocycles. The maximum atomic E-state index is 5.84. The summed E-state index contributed by atoms with van der Waals surface area (Å²) in [7, 11) is 1.66. The van der Waals surface area contributed by atoms with Crippen LogP contribution in [0, 0.1) is 0 Å². The summed E-state index contributed by atoms with van der Waals surface area (Å²) >= 11 is 0. The number of ether oxygens (including phenoxy) is 3. The summed E-state index contributed by atoms with van der Waals surface area (Å²) < 4.78 is 16.6. The van der Waals surface area contributed by atoms with Gasteiger partial charge >= 0.3 is 0 Å². The van der Waals surface area contributed by atoms with Crippen molar-refractivity contribution in [2.75, 3.05) is 13.7 Å². The summed E-state index contributed by atoms with van der Waals surface area (Å²) in [6.45, 7) is 2.73. The molecule has 0 radical (unpaired) electrons. The lowest BCUT2D eigenvalue weighted by Crippen LogP contribution is -2.25. The fourth-order valence-electron chi connectivity index (χ4n) is 1.85. The van der Waals surface area contributed by atoms with Crippen molar-refractivity contribution < 1.29 is 14.2 Å². The van der Waals surface area contributed by atoms with E-state index in [1.807, 2.05) is 37.3 Å². The normalized spacial score (nSPS) is 25.1. The van der Waals surface area contributed by atoms with Crippen molar-refractivity contribution in [2.24, 2.45) is 0 Å². The van der Waals surface area contributed by atoms with Crippen molar-refractivity contribution in [1.29, 1.82) is 0 Å². The van der Waals surface area contributed by atoms with Crippen LogP contribution < -0.4 is 4.74 Å². The molecule has 17 heavy (non-hydrogen) atoms. The molecule has 3 heteroatoms. The van der Waals surface area contributed by atoms with Gasteiger partial charge in [0.2, 0.25) is 0 Å². The molecule has 1 aliphatic rings. The van der Waals surface area contributed by atoms with Crippen LogP contribution in [0.5, 0.6) is 5.75 Å². The van der Waals surface area contributed by atoms with Gasteiger partial charge in [0, 0.05) is 12.0 Å². The zero-order valence-corrected chi connectivity index (χ0v) is 10.3. The molecule has 1 saturated heterocycles. The summed E-state index contributed by atoms with van der Waals surface area (Å²) in [4.78, 5) is 0. The van der Waals surface area contributed by atoms with E-state index < -0.39 is 0 Å². The van der Waals surface area contributed by atoms with Crippen LogP contribution in [0.15, 0.2) is 36.4 Å². The van der Waals surface area contributed by atoms with E-state index in [9.17, 15) is 0 Å². The Morgan fingerprint density at radius 2 is 2.06 bits per heavy atom. The van der Waals surface area contributed by atoms with Gasteiger partial charge in [0.25, 0.3) is 0 Å². The third kappa shape index (κ3) is 3.08. The molecule has 0 aliphatic carbocycles. The molecule has 2 atom stereocenters. The van der Waals surface area contributed by atoms with Crippen molar-refractivity contribution in [3.63, 3.8) is 0 Å². The standard InChI is InChI=1S/C14H18O3/c1-3-4-13-9-10-16-14(17-13)11-5-7-12(15-2)8-6-11/h3-8,13-14H,9-10H2,1-2H3. The van der Waals surface area contributed by atoms with E-state index >= 15 is 0 Å². The molecule has 0 bridgehead atoms. The third-order valence-electron chi connectivity index (χ3n) is 2.77. The van der Waals surface area contributed by atoms with Crippen LogP contribution in [0.25, 0.3) is 0 Å². The maximum absolute atomic E-state index is 5.84. The van der Waals surface area contributed by atoms with E-state index in [0.29, 0.717) is 0 Å². The predicted octanol–water partition coefficient (Wildman–Crippen LogP) is 3.08. The molecule has 3 nitrogen and oxygen atoms in total. The smallest absolute Gasteiger partial charge is 0.184 e. The van der Waals surface area contributed by atoms with Crippen LogP contribution in [0.1, 0.15) is 25.2 Å². The highest BCUT2D eigenvalue weighted by Crippen LogP contribution is 2.27. The summed E-state index contributed by atoms with van der Waals surface area (Å²) in [6.07, 6.45) is 4.88. The zero-order chi connectivity index (χ0) is 12.1. The second kappa shape index (κ2) is 5.84. The van der Waals surface area contributed by atoms with Crippen molar-refractivity contribution in [3.05, 3.63) is 42.0 Å². The summed E-state index contributed by atoms with van der Waals surface area (Å²) in [5.41, 5.74) is 1.03. The lowest BCUT2D eigenvalue weighted by Gasteiger charge is -2.28. The van der Waals surface area contributed by atoms with Crippen LogP contribution in [0.4, 0.5) is 0 Å². The topological polar surface area (TPSA) is 27.7 Å². The quantitative estimate of drug-likeness (QED) is 0.752. The van der Waals surface area contributed by atoms with E-state index in [-0.39, 0.29) is 12.4 Å². The predicted molar refractivity (Wildman–Crippen MR) is 66.0 cm³/mol. The number of hydrogen-bond acceptors (Lipinski definition) is 3. The first-order chi connectivity index (χ1) is 8.33. The van der Waals surface area contributed by atoms with Gasteiger partial charge in [0.05, 0.1) is 19.8 Å². The average Bonchev–Trinajstić information content (AvgIpc) is 2.40. The van der Waals surface area contributed by atoms with Gasteiger partial charge in [-0.25, -0.2) is 0 Å². The molecule has 0 amide bonds. The van der Waals surface area contributed by atoms with Gasteiger partial charge in [0.15, 0.2) is 6.29 Å². The molecule has 0 spiro atoms. The van der Waals surface area contributed by atoms with Crippen molar-refractivity contribution >= 4 is 0 Å². The van der Waals surface area contributed by atoms with Gasteiger partial charge in [-0.1, -0.05) is 24.3 Å². The van der Waals surface area contributed by atoms with E-state index in [1.54, 1.807) is 7.11 Å². The molecule has 1 fully saturated rings. The highest BCUT2D eigenvalue weighted by molar-refractivity contribution is 5.28. The number of rotatable bonds is 3. The van der Waals surface area contributed by atoms with Gasteiger partial charge in [-0.2, -0.15) is 0 Å². The largest absolute Gasteiger partial charge is 0.497 e. The molecule has 1 heterocycles. The van der Waals surface area contributed by atoms with Crippen LogP contribution in [-0.4, -0.2) is 19.8 Å². The highest BCUT2D eigenvalue weighted by atomic mass is 16.7. The molecular formula is C14H18O3. The Morgan fingerprint density at radius 1 is 1.29 bits per heavy atom.